The molecule has 2 saturated heterocycles. The zero-order chi connectivity index (χ0) is 15.6. The highest BCUT2D eigenvalue weighted by atomic mass is 35.5. The quantitative estimate of drug-likeness (QED) is 0.828. The largest absolute Gasteiger partial charge is 0.372 e. The van der Waals surface area contributed by atoms with Crippen LogP contribution in [0.15, 0.2) is 23.1 Å². The van der Waals surface area contributed by atoms with Gasteiger partial charge in [0.25, 0.3) is 0 Å². The number of sulfonamides is 1. The van der Waals surface area contributed by atoms with Gasteiger partial charge in [0.15, 0.2) is 5.78 Å². The molecule has 8 heteroatoms. The Bertz CT molecular complexity index is 772. The van der Waals surface area contributed by atoms with Crippen LogP contribution in [0.3, 0.4) is 0 Å². The van der Waals surface area contributed by atoms with Crippen molar-refractivity contribution in [2.75, 3.05) is 13.2 Å². The van der Waals surface area contributed by atoms with E-state index in [1.807, 2.05) is 0 Å². The predicted molar refractivity (Wildman–Crippen MR) is 86.4 cm³/mol. The Hall–Kier alpha value is -0.990. The molecule has 1 saturated carbocycles. The second-order valence-electron chi connectivity index (χ2n) is 6.66. The first-order chi connectivity index (χ1) is 10.4. The summed E-state index contributed by atoms with van der Waals surface area (Å²) in [6, 6.07) is 4.80. The molecule has 0 amide bonds. The molecular weight excluding hydrogens is 340 g/mol. The molecule has 5 rings (SSSR count). The number of rotatable bonds is 4. The van der Waals surface area contributed by atoms with Crippen molar-refractivity contribution in [3.8, 4) is 0 Å². The minimum atomic E-state index is -3.67. The summed E-state index contributed by atoms with van der Waals surface area (Å²) in [7, 11) is -3.67. The average molecular weight is 359 g/mol. The maximum atomic E-state index is 12.6. The van der Waals surface area contributed by atoms with Gasteiger partial charge in [-0.25, -0.2) is 13.1 Å². The highest BCUT2D eigenvalue weighted by molar-refractivity contribution is 7.89. The molecule has 0 spiro atoms. The first-order valence-corrected chi connectivity index (χ1v) is 8.90. The summed E-state index contributed by atoms with van der Waals surface area (Å²) in [5.74, 6) is 0.0141. The van der Waals surface area contributed by atoms with Crippen LogP contribution < -0.4 is 10.5 Å². The second kappa shape index (κ2) is 5.26. The Balaban J connectivity index is 0.00000156. The third-order valence-corrected chi connectivity index (χ3v) is 6.59. The molecule has 3 N–H and O–H groups in total. The molecule has 2 heterocycles. The lowest BCUT2D eigenvalue weighted by Gasteiger charge is -2.43. The number of hydrogen-bond donors (Lipinski definition) is 2. The van der Waals surface area contributed by atoms with Crippen LogP contribution in [0, 0.1) is 0 Å². The van der Waals surface area contributed by atoms with Gasteiger partial charge < -0.3 is 10.5 Å². The normalized spacial score (nSPS) is 31.4. The lowest BCUT2D eigenvalue weighted by Crippen LogP contribution is -2.61. The predicted octanol–water partition coefficient (Wildman–Crippen LogP) is 0.776. The lowest BCUT2D eigenvalue weighted by molar-refractivity contribution is 0.00551. The lowest BCUT2D eigenvalue weighted by atomic mass is 9.69. The van der Waals surface area contributed by atoms with Gasteiger partial charge in [0.1, 0.15) is 0 Å². The number of ether oxygens (including phenoxy) is 1. The summed E-state index contributed by atoms with van der Waals surface area (Å²) in [5.41, 5.74) is 6.25. The zero-order valence-electron chi connectivity index (χ0n) is 12.5. The van der Waals surface area contributed by atoms with Crippen LogP contribution in [0.2, 0.25) is 0 Å². The Kier molecular flexibility index (Phi) is 3.85. The molecule has 2 bridgehead atoms. The number of carbonyl (C=O) groups is 1. The molecule has 0 atom stereocenters. The fourth-order valence-corrected chi connectivity index (χ4v) is 5.32. The van der Waals surface area contributed by atoms with Gasteiger partial charge >= 0.3 is 0 Å². The molecule has 6 nitrogen and oxygen atoms in total. The number of hydrogen-bond acceptors (Lipinski definition) is 5. The summed E-state index contributed by atoms with van der Waals surface area (Å²) < 4.78 is 33.6. The molecule has 0 radical (unpaired) electrons. The maximum Gasteiger partial charge on any atom is 0.241 e. The molecule has 1 aromatic carbocycles. The van der Waals surface area contributed by atoms with E-state index in [1.165, 1.54) is 6.07 Å². The molecular formula is C15H19ClN2O4S. The highest BCUT2D eigenvalue weighted by Crippen LogP contribution is 2.51. The fraction of sp³-hybridized carbons (Fsp3) is 0.533. The van der Waals surface area contributed by atoms with Gasteiger partial charge in [0, 0.05) is 18.5 Å². The molecule has 3 fully saturated rings. The van der Waals surface area contributed by atoms with Gasteiger partial charge in [0.2, 0.25) is 10.0 Å². The molecule has 2 aliphatic carbocycles. The second-order valence-corrected chi connectivity index (χ2v) is 8.34. The number of nitrogens with two attached hydrogens (primary N) is 1. The van der Waals surface area contributed by atoms with Crippen LogP contribution in [0.25, 0.3) is 0 Å². The van der Waals surface area contributed by atoms with E-state index in [4.69, 9.17) is 10.5 Å². The molecule has 23 heavy (non-hydrogen) atoms. The topological polar surface area (TPSA) is 98.5 Å². The third-order valence-electron chi connectivity index (χ3n) is 5.01. The Morgan fingerprint density at radius 1 is 1.26 bits per heavy atom. The van der Waals surface area contributed by atoms with Crippen molar-refractivity contribution in [3.63, 3.8) is 0 Å². The SMILES string of the molecule is Cl.NCC12CC(NS(=O)(=O)c3ccc4c(c3)C(=O)CC4)(CO1)C2. The van der Waals surface area contributed by atoms with Gasteiger partial charge in [-0.1, -0.05) is 6.07 Å². The van der Waals surface area contributed by atoms with E-state index in [0.29, 0.717) is 44.4 Å². The van der Waals surface area contributed by atoms with Crippen molar-refractivity contribution in [1.82, 2.24) is 4.72 Å². The van der Waals surface area contributed by atoms with Crippen molar-refractivity contribution in [1.29, 1.82) is 0 Å². The van der Waals surface area contributed by atoms with Gasteiger partial charge in [-0.05, 0) is 37.0 Å². The van der Waals surface area contributed by atoms with Crippen LogP contribution >= 0.6 is 12.4 Å². The van der Waals surface area contributed by atoms with E-state index in [9.17, 15) is 13.2 Å². The van der Waals surface area contributed by atoms with Crippen LogP contribution in [0.5, 0.6) is 0 Å². The van der Waals surface area contributed by atoms with E-state index in [1.54, 1.807) is 12.1 Å². The molecule has 126 valence electrons. The Morgan fingerprint density at radius 2 is 2.00 bits per heavy atom. The average Bonchev–Trinajstić information content (AvgIpc) is 3.10. The Labute approximate surface area is 141 Å². The number of nitrogens with one attached hydrogen (secondary N) is 1. The summed E-state index contributed by atoms with van der Waals surface area (Å²) in [6.07, 6.45) is 2.38. The minimum Gasteiger partial charge on any atom is -0.372 e. The maximum absolute atomic E-state index is 12.6. The fourth-order valence-electron chi connectivity index (χ4n) is 3.91. The molecule has 0 unspecified atom stereocenters. The van der Waals surface area contributed by atoms with Crippen LogP contribution in [-0.4, -0.2) is 38.5 Å². The van der Waals surface area contributed by atoms with Gasteiger partial charge in [-0.2, -0.15) is 0 Å². The number of benzene rings is 1. The first kappa shape index (κ1) is 16.9. The monoisotopic (exact) mass is 358 g/mol. The molecule has 1 aromatic rings. The number of ketones is 1. The third kappa shape index (κ3) is 2.51. The van der Waals surface area contributed by atoms with Crippen LogP contribution in [-0.2, 0) is 21.2 Å². The summed E-state index contributed by atoms with van der Waals surface area (Å²) in [4.78, 5) is 11.9. The van der Waals surface area contributed by atoms with E-state index in [-0.39, 0.29) is 28.7 Å². The van der Waals surface area contributed by atoms with Crippen molar-refractivity contribution in [2.24, 2.45) is 5.73 Å². The van der Waals surface area contributed by atoms with Crippen LogP contribution in [0.4, 0.5) is 0 Å². The molecule has 0 aromatic heterocycles. The van der Waals surface area contributed by atoms with E-state index in [2.05, 4.69) is 4.72 Å². The van der Waals surface area contributed by atoms with Crippen molar-refractivity contribution < 1.29 is 17.9 Å². The summed E-state index contributed by atoms with van der Waals surface area (Å²) in [5, 5.41) is 0. The summed E-state index contributed by atoms with van der Waals surface area (Å²) in [6.45, 7) is 0.761. The van der Waals surface area contributed by atoms with Crippen molar-refractivity contribution in [2.45, 2.75) is 41.7 Å². The number of Topliss-reactive ketones (excluding diaryl/α,β-unsaturated/α-hetero) is 1. The smallest absolute Gasteiger partial charge is 0.241 e. The van der Waals surface area contributed by atoms with Crippen LogP contribution in [0.1, 0.15) is 35.2 Å². The van der Waals surface area contributed by atoms with E-state index >= 15 is 0 Å². The highest BCUT2D eigenvalue weighted by Gasteiger charge is 2.63. The van der Waals surface area contributed by atoms with Gasteiger partial charge in [0.05, 0.1) is 22.6 Å². The van der Waals surface area contributed by atoms with Gasteiger partial charge in [-0.15, -0.1) is 12.4 Å². The van der Waals surface area contributed by atoms with Gasteiger partial charge in [-0.3, -0.25) is 4.79 Å². The standard InChI is InChI=1S/C15H18N2O4S.ClH/c16-8-15-6-14(7-15,9-21-15)17-22(19,20)11-3-1-10-2-4-13(18)12(10)5-11;/h1,3,5,17H,2,4,6-9,16H2;1H. The minimum absolute atomic E-state index is 0. The number of carbonyl (C=O) groups excluding carboxylic acids is 1. The van der Waals surface area contributed by atoms with Crippen molar-refractivity contribution >= 4 is 28.2 Å². The number of aryl methyl sites for hydroxylation is 1. The molecule has 2 aliphatic heterocycles. The number of fused-ring (bicyclic) bond motifs is 2. The Morgan fingerprint density at radius 3 is 2.65 bits per heavy atom. The first-order valence-electron chi connectivity index (χ1n) is 7.41. The van der Waals surface area contributed by atoms with E-state index < -0.39 is 15.6 Å². The zero-order valence-corrected chi connectivity index (χ0v) is 14.1. The van der Waals surface area contributed by atoms with Crippen molar-refractivity contribution in [3.05, 3.63) is 29.3 Å². The summed E-state index contributed by atoms with van der Waals surface area (Å²) >= 11 is 0. The number of halogens is 1. The van der Waals surface area contributed by atoms with E-state index in [0.717, 1.165) is 5.56 Å². The molecule has 4 aliphatic rings.